The molecule has 25 heavy (non-hydrogen) atoms. The summed E-state index contributed by atoms with van der Waals surface area (Å²) in [5.74, 6) is 0.892. The Kier molecular flexibility index (Phi) is 4.59. The van der Waals surface area contributed by atoms with Crippen LogP contribution in [0.1, 0.15) is 19.3 Å². The number of hydrogen-bond acceptors (Lipinski definition) is 4. The Morgan fingerprint density at radius 1 is 0.560 bits per heavy atom. The van der Waals surface area contributed by atoms with Crippen LogP contribution in [0.15, 0.2) is 105 Å². The minimum atomic E-state index is 0.446. The van der Waals surface area contributed by atoms with E-state index in [1.165, 1.54) is 0 Å². The van der Waals surface area contributed by atoms with Crippen molar-refractivity contribution in [1.29, 1.82) is 0 Å². The lowest BCUT2D eigenvalue weighted by atomic mass is 9.77. The van der Waals surface area contributed by atoms with Gasteiger partial charge < -0.3 is 0 Å². The molecule has 2 unspecified atom stereocenters. The largest absolute Gasteiger partial charge is 0.155 e. The predicted octanol–water partition coefficient (Wildman–Crippen LogP) is 6.75. The van der Waals surface area contributed by atoms with E-state index in [9.17, 15) is 0 Å². The zero-order valence-corrected chi connectivity index (χ0v) is 14.0. The molecule has 2 bridgehead atoms. The van der Waals surface area contributed by atoms with E-state index in [4.69, 9.17) is 0 Å². The Bertz CT molecular complexity index is 763. The first kappa shape index (κ1) is 15.6. The highest BCUT2D eigenvalue weighted by atomic mass is 15.1. The molecule has 0 radical (unpaired) electrons. The van der Waals surface area contributed by atoms with Crippen molar-refractivity contribution in [3.63, 3.8) is 0 Å². The van der Waals surface area contributed by atoms with E-state index < -0.39 is 0 Å². The van der Waals surface area contributed by atoms with Gasteiger partial charge in [0.1, 0.15) is 0 Å². The van der Waals surface area contributed by atoms with Crippen molar-refractivity contribution in [2.45, 2.75) is 19.3 Å². The summed E-state index contributed by atoms with van der Waals surface area (Å²) in [6.07, 6.45) is 7.43. The van der Waals surface area contributed by atoms with Gasteiger partial charge >= 0.3 is 0 Å². The lowest BCUT2D eigenvalue weighted by molar-refractivity contribution is 0.392. The maximum atomic E-state index is 4.50. The standard InChI is InChI=1S/C21H20N4/c1-3-7-18(8-4-1)22-24-20-13-11-17-15-16(20)12-14-21(17)25-23-19-9-5-2-6-10-19/h1-10,13-14,16-17H,11-12,15H2. The van der Waals surface area contributed by atoms with Gasteiger partial charge in [-0.3, -0.25) is 0 Å². The molecule has 2 atom stereocenters. The normalized spacial score (nSPS) is 22.9. The molecule has 2 aliphatic rings. The highest BCUT2D eigenvalue weighted by Gasteiger charge is 2.30. The zero-order chi connectivity index (χ0) is 16.9. The summed E-state index contributed by atoms with van der Waals surface area (Å²) in [5.41, 5.74) is 4.01. The van der Waals surface area contributed by atoms with Gasteiger partial charge in [0.25, 0.3) is 0 Å². The van der Waals surface area contributed by atoms with Crippen LogP contribution in [0.3, 0.4) is 0 Å². The summed E-state index contributed by atoms with van der Waals surface area (Å²) in [6.45, 7) is 0. The van der Waals surface area contributed by atoms with E-state index >= 15 is 0 Å². The van der Waals surface area contributed by atoms with Crippen LogP contribution in [0.5, 0.6) is 0 Å². The quantitative estimate of drug-likeness (QED) is 0.557. The van der Waals surface area contributed by atoms with Gasteiger partial charge in [0.05, 0.1) is 22.8 Å². The van der Waals surface area contributed by atoms with E-state index in [1.54, 1.807) is 0 Å². The van der Waals surface area contributed by atoms with Crippen LogP contribution in [-0.2, 0) is 0 Å². The van der Waals surface area contributed by atoms with Crippen LogP contribution < -0.4 is 0 Å². The molecule has 0 aliphatic heterocycles. The highest BCUT2D eigenvalue weighted by Crippen LogP contribution is 2.41. The molecule has 0 N–H and O–H groups in total. The maximum Gasteiger partial charge on any atom is 0.0856 e. The molecule has 4 heteroatoms. The van der Waals surface area contributed by atoms with Crippen molar-refractivity contribution in [3.05, 3.63) is 84.2 Å². The number of rotatable bonds is 4. The second kappa shape index (κ2) is 7.34. The van der Waals surface area contributed by atoms with Crippen LogP contribution in [0.25, 0.3) is 0 Å². The fraction of sp³-hybridized carbons (Fsp3) is 0.238. The van der Waals surface area contributed by atoms with Gasteiger partial charge in [-0.2, -0.15) is 20.5 Å². The second-order valence-corrected chi connectivity index (χ2v) is 6.43. The molecule has 0 spiro atoms. The average molecular weight is 328 g/mol. The minimum absolute atomic E-state index is 0.446. The fourth-order valence-electron chi connectivity index (χ4n) is 3.34. The van der Waals surface area contributed by atoms with Crippen LogP contribution >= 0.6 is 0 Å². The Hall–Kier alpha value is -2.88. The van der Waals surface area contributed by atoms with Crippen LogP contribution in [0, 0.1) is 11.8 Å². The molecule has 2 aliphatic carbocycles. The summed E-state index contributed by atoms with van der Waals surface area (Å²) < 4.78 is 0. The Balaban J connectivity index is 1.44. The summed E-state index contributed by atoms with van der Waals surface area (Å²) in [7, 11) is 0. The van der Waals surface area contributed by atoms with Gasteiger partial charge in [0.2, 0.25) is 0 Å². The molecule has 0 fully saturated rings. The summed E-state index contributed by atoms with van der Waals surface area (Å²) in [6, 6.07) is 19.8. The van der Waals surface area contributed by atoms with Gasteiger partial charge in [-0.1, -0.05) is 48.6 Å². The second-order valence-electron chi connectivity index (χ2n) is 6.43. The molecule has 0 saturated heterocycles. The fourth-order valence-corrected chi connectivity index (χ4v) is 3.34. The summed E-state index contributed by atoms with van der Waals surface area (Å²) in [5, 5.41) is 17.7. The molecule has 0 saturated carbocycles. The molecule has 4 nitrogen and oxygen atoms in total. The molecule has 2 aromatic rings. The predicted molar refractivity (Wildman–Crippen MR) is 98.9 cm³/mol. The number of hydrogen-bond donors (Lipinski definition) is 0. The first-order valence-corrected chi connectivity index (χ1v) is 8.72. The molecule has 4 rings (SSSR count). The molecular formula is C21H20N4. The van der Waals surface area contributed by atoms with Crippen molar-refractivity contribution in [3.8, 4) is 0 Å². The third-order valence-electron chi connectivity index (χ3n) is 4.70. The zero-order valence-electron chi connectivity index (χ0n) is 14.0. The SMILES string of the molecule is C1=C(N=Nc2ccccc2)C2CC=C(N=Nc3ccccc3)C(C1)C2. The maximum absolute atomic E-state index is 4.50. The Morgan fingerprint density at radius 3 is 1.44 bits per heavy atom. The van der Waals surface area contributed by atoms with Crippen molar-refractivity contribution in [1.82, 2.24) is 0 Å². The van der Waals surface area contributed by atoms with Gasteiger partial charge in [-0.15, -0.1) is 0 Å². The van der Waals surface area contributed by atoms with E-state index in [-0.39, 0.29) is 0 Å². The third kappa shape index (κ3) is 3.79. The van der Waals surface area contributed by atoms with Gasteiger partial charge in [-0.05, 0) is 43.5 Å². The first-order chi connectivity index (χ1) is 12.4. The van der Waals surface area contributed by atoms with Gasteiger partial charge in [0, 0.05) is 11.8 Å². The van der Waals surface area contributed by atoms with Crippen molar-refractivity contribution in [2.75, 3.05) is 0 Å². The number of allylic oxidation sites excluding steroid dienone is 4. The highest BCUT2D eigenvalue weighted by molar-refractivity contribution is 5.36. The van der Waals surface area contributed by atoms with Crippen LogP contribution in [-0.4, -0.2) is 0 Å². The van der Waals surface area contributed by atoms with E-state index in [0.29, 0.717) is 11.8 Å². The molecular weight excluding hydrogens is 308 g/mol. The smallest absolute Gasteiger partial charge is 0.0856 e. The molecule has 2 aromatic carbocycles. The number of benzene rings is 2. The number of fused-ring (bicyclic) bond motifs is 2. The van der Waals surface area contributed by atoms with Gasteiger partial charge in [0.15, 0.2) is 0 Å². The summed E-state index contributed by atoms with van der Waals surface area (Å²) in [4.78, 5) is 0. The van der Waals surface area contributed by atoms with E-state index in [2.05, 4.69) is 32.6 Å². The molecule has 0 amide bonds. The van der Waals surface area contributed by atoms with Crippen molar-refractivity contribution in [2.24, 2.45) is 32.3 Å². The van der Waals surface area contributed by atoms with E-state index in [1.807, 2.05) is 60.7 Å². The molecule has 124 valence electrons. The lowest BCUT2D eigenvalue weighted by Crippen LogP contribution is -2.20. The summed E-state index contributed by atoms with van der Waals surface area (Å²) >= 11 is 0. The van der Waals surface area contributed by atoms with Crippen molar-refractivity contribution >= 4 is 11.4 Å². The van der Waals surface area contributed by atoms with E-state index in [0.717, 1.165) is 42.0 Å². The first-order valence-electron chi connectivity index (χ1n) is 8.72. The third-order valence-corrected chi connectivity index (χ3v) is 4.70. The molecule has 0 aromatic heterocycles. The van der Waals surface area contributed by atoms with Crippen LogP contribution in [0.4, 0.5) is 11.4 Å². The van der Waals surface area contributed by atoms with Gasteiger partial charge in [-0.25, -0.2) is 0 Å². The Morgan fingerprint density at radius 2 is 1.00 bits per heavy atom. The monoisotopic (exact) mass is 328 g/mol. The average Bonchev–Trinajstić information content (AvgIpc) is 2.68. The Labute approximate surface area is 147 Å². The van der Waals surface area contributed by atoms with Crippen molar-refractivity contribution < 1.29 is 0 Å². The lowest BCUT2D eigenvalue weighted by Gasteiger charge is -2.30. The van der Waals surface area contributed by atoms with Crippen LogP contribution in [0.2, 0.25) is 0 Å². The molecule has 0 heterocycles. The number of nitrogens with zero attached hydrogens (tertiary/aromatic N) is 4. The topological polar surface area (TPSA) is 49.4 Å². The minimum Gasteiger partial charge on any atom is -0.155 e. The number of azo groups is 2.